The van der Waals surface area contributed by atoms with E-state index in [1.54, 1.807) is 32.0 Å². The van der Waals surface area contributed by atoms with Gasteiger partial charge in [0.1, 0.15) is 5.75 Å². The standard InChI is InChI=1S/C18H21IN2O4S/c1-12-5-10-16(26(23,24)21(3)4)11-17(12)20-18(22)13(2)25-15-8-6-14(19)7-9-15/h5-11,13H,1-4H3,(H,20,22)/t13-/m1/s1. The van der Waals surface area contributed by atoms with Crippen LogP contribution in [0.1, 0.15) is 12.5 Å². The van der Waals surface area contributed by atoms with E-state index < -0.39 is 16.1 Å². The third-order valence-electron chi connectivity index (χ3n) is 3.74. The molecular formula is C18H21IN2O4S. The zero-order valence-corrected chi connectivity index (χ0v) is 18.0. The summed E-state index contributed by atoms with van der Waals surface area (Å²) in [5.41, 5.74) is 1.20. The van der Waals surface area contributed by atoms with Crippen molar-refractivity contribution in [3.8, 4) is 5.75 Å². The van der Waals surface area contributed by atoms with Gasteiger partial charge in [-0.2, -0.15) is 0 Å². The number of rotatable bonds is 6. The molecule has 0 saturated heterocycles. The van der Waals surface area contributed by atoms with Crippen molar-refractivity contribution < 1.29 is 17.9 Å². The average Bonchev–Trinajstić information content (AvgIpc) is 2.58. The molecule has 1 atom stereocenters. The maximum Gasteiger partial charge on any atom is 0.265 e. The summed E-state index contributed by atoms with van der Waals surface area (Å²) < 4.78 is 32.4. The largest absolute Gasteiger partial charge is 0.481 e. The van der Waals surface area contributed by atoms with Gasteiger partial charge in [0.25, 0.3) is 5.91 Å². The van der Waals surface area contributed by atoms with Crippen molar-refractivity contribution in [2.75, 3.05) is 19.4 Å². The van der Waals surface area contributed by atoms with Gasteiger partial charge < -0.3 is 10.1 Å². The lowest BCUT2D eigenvalue weighted by atomic mass is 10.2. The Morgan fingerprint density at radius 3 is 2.35 bits per heavy atom. The van der Waals surface area contributed by atoms with Crippen molar-refractivity contribution in [1.82, 2.24) is 4.31 Å². The second-order valence-corrected chi connectivity index (χ2v) is 9.36. The highest BCUT2D eigenvalue weighted by Gasteiger charge is 2.20. The summed E-state index contributed by atoms with van der Waals surface area (Å²) in [7, 11) is -0.649. The normalized spacial score (nSPS) is 12.7. The molecule has 8 heteroatoms. The lowest BCUT2D eigenvalue weighted by Crippen LogP contribution is -2.30. The Morgan fingerprint density at radius 1 is 1.15 bits per heavy atom. The number of ether oxygens (including phenoxy) is 1. The second kappa shape index (κ2) is 8.36. The van der Waals surface area contributed by atoms with Crippen molar-refractivity contribution in [3.63, 3.8) is 0 Å². The molecule has 0 spiro atoms. The third-order valence-corrected chi connectivity index (χ3v) is 6.27. The fourth-order valence-corrected chi connectivity index (χ4v) is 3.40. The van der Waals surface area contributed by atoms with Gasteiger partial charge in [-0.3, -0.25) is 4.79 Å². The number of anilines is 1. The van der Waals surface area contributed by atoms with Gasteiger partial charge in [0.15, 0.2) is 6.10 Å². The lowest BCUT2D eigenvalue weighted by Gasteiger charge is -2.17. The number of carbonyl (C=O) groups excluding carboxylic acids is 1. The molecule has 0 radical (unpaired) electrons. The summed E-state index contributed by atoms with van der Waals surface area (Å²) in [6.45, 7) is 3.44. The molecule has 0 bridgehead atoms. The molecule has 0 aliphatic carbocycles. The Balaban J connectivity index is 2.16. The first-order valence-electron chi connectivity index (χ1n) is 7.87. The number of benzene rings is 2. The number of hydrogen-bond donors (Lipinski definition) is 1. The molecule has 0 fully saturated rings. The van der Waals surface area contributed by atoms with Crippen LogP contribution < -0.4 is 10.1 Å². The summed E-state index contributed by atoms with van der Waals surface area (Å²) in [6, 6.07) is 12.0. The fraction of sp³-hybridized carbons (Fsp3) is 0.278. The molecule has 0 aliphatic heterocycles. The van der Waals surface area contributed by atoms with Crippen molar-refractivity contribution in [3.05, 3.63) is 51.6 Å². The van der Waals surface area contributed by atoms with Crippen LogP contribution >= 0.6 is 22.6 Å². The first-order chi connectivity index (χ1) is 12.1. The minimum Gasteiger partial charge on any atom is -0.481 e. The van der Waals surface area contributed by atoms with Crippen LogP contribution in [0.15, 0.2) is 47.4 Å². The van der Waals surface area contributed by atoms with Gasteiger partial charge in [0, 0.05) is 23.4 Å². The van der Waals surface area contributed by atoms with E-state index in [9.17, 15) is 13.2 Å². The summed E-state index contributed by atoms with van der Waals surface area (Å²) in [5, 5.41) is 2.74. The topological polar surface area (TPSA) is 75.7 Å². The molecular weight excluding hydrogens is 467 g/mol. The number of nitrogens with one attached hydrogen (secondary N) is 1. The zero-order chi connectivity index (χ0) is 19.5. The first-order valence-corrected chi connectivity index (χ1v) is 10.4. The van der Waals surface area contributed by atoms with Gasteiger partial charge in [-0.1, -0.05) is 6.07 Å². The molecule has 26 heavy (non-hydrogen) atoms. The number of nitrogens with zero attached hydrogens (tertiary/aromatic N) is 1. The summed E-state index contributed by atoms with van der Waals surface area (Å²) in [6.07, 6.45) is -0.733. The van der Waals surface area contributed by atoms with E-state index in [2.05, 4.69) is 27.9 Å². The van der Waals surface area contributed by atoms with Gasteiger partial charge >= 0.3 is 0 Å². The van der Waals surface area contributed by atoms with Crippen molar-refractivity contribution in [2.24, 2.45) is 0 Å². The molecule has 1 N–H and O–H groups in total. The Hall–Kier alpha value is -1.65. The van der Waals surface area contributed by atoms with Gasteiger partial charge in [-0.25, -0.2) is 12.7 Å². The Kier molecular flexibility index (Phi) is 6.64. The number of carbonyl (C=O) groups is 1. The maximum atomic E-state index is 12.4. The molecule has 6 nitrogen and oxygen atoms in total. The molecule has 140 valence electrons. The van der Waals surface area contributed by atoms with Gasteiger partial charge in [-0.05, 0) is 78.4 Å². The molecule has 2 aromatic rings. The van der Waals surface area contributed by atoms with Gasteiger partial charge in [-0.15, -0.1) is 0 Å². The molecule has 0 heterocycles. The lowest BCUT2D eigenvalue weighted by molar-refractivity contribution is -0.122. The highest BCUT2D eigenvalue weighted by Crippen LogP contribution is 2.22. The minimum absolute atomic E-state index is 0.120. The van der Waals surface area contributed by atoms with E-state index >= 15 is 0 Å². The number of amides is 1. The first kappa shape index (κ1) is 20.7. The Bertz CT molecular complexity index is 896. The minimum atomic E-state index is -3.57. The smallest absolute Gasteiger partial charge is 0.265 e. The molecule has 0 unspecified atom stereocenters. The second-order valence-electron chi connectivity index (χ2n) is 5.97. The van der Waals surface area contributed by atoms with E-state index in [4.69, 9.17) is 4.74 Å². The summed E-state index contributed by atoms with van der Waals surface area (Å²) in [5.74, 6) is 0.236. The molecule has 0 saturated carbocycles. The fourth-order valence-electron chi connectivity index (χ4n) is 2.11. The summed E-state index contributed by atoms with van der Waals surface area (Å²) in [4.78, 5) is 12.6. The van der Waals surface area contributed by atoms with Crippen LogP contribution in [0.25, 0.3) is 0 Å². The van der Waals surface area contributed by atoms with Crippen LogP contribution in [0.2, 0.25) is 0 Å². The molecule has 0 aliphatic rings. The van der Waals surface area contributed by atoms with Crippen LogP contribution in [0, 0.1) is 10.5 Å². The summed E-state index contributed by atoms with van der Waals surface area (Å²) >= 11 is 2.19. The predicted octanol–water partition coefficient (Wildman–Crippen LogP) is 3.26. The highest BCUT2D eigenvalue weighted by atomic mass is 127. The van der Waals surface area contributed by atoms with Crippen molar-refractivity contribution in [2.45, 2.75) is 24.8 Å². The Labute approximate surface area is 167 Å². The van der Waals surface area contributed by atoms with E-state index in [0.717, 1.165) is 13.4 Å². The van der Waals surface area contributed by atoms with Crippen molar-refractivity contribution in [1.29, 1.82) is 0 Å². The van der Waals surface area contributed by atoms with Gasteiger partial charge in [0.05, 0.1) is 4.90 Å². The zero-order valence-electron chi connectivity index (χ0n) is 15.0. The third kappa shape index (κ3) is 4.95. The number of aryl methyl sites for hydroxylation is 1. The van der Waals surface area contributed by atoms with Crippen LogP contribution in [-0.4, -0.2) is 38.8 Å². The predicted molar refractivity (Wildman–Crippen MR) is 110 cm³/mol. The van der Waals surface area contributed by atoms with E-state index in [-0.39, 0.29) is 10.8 Å². The maximum absolute atomic E-state index is 12.4. The molecule has 2 rings (SSSR count). The SMILES string of the molecule is Cc1ccc(S(=O)(=O)N(C)C)cc1NC(=O)[C@@H](C)Oc1ccc(I)cc1. The van der Waals surface area contributed by atoms with Crippen LogP contribution in [0.3, 0.4) is 0 Å². The monoisotopic (exact) mass is 488 g/mol. The Morgan fingerprint density at radius 2 is 1.77 bits per heavy atom. The van der Waals surface area contributed by atoms with E-state index in [0.29, 0.717) is 11.4 Å². The van der Waals surface area contributed by atoms with Gasteiger partial charge in [0.2, 0.25) is 10.0 Å². The number of hydrogen-bond acceptors (Lipinski definition) is 4. The van der Waals surface area contributed by atoms with Crippen LogP contribution in [0.5, 0.6) is 5.75 Å². The average molecular weight is 488 g/mol. The molecule has 0 aromatic heterocycles. The number of sulfonamides is 1. The van der Waals surface area contributed by atoms with Crippen LogP contribution in [-0.2, 0) is 14.8 Å². The number of halogens is 1. The highest BCUT2D eigenvalue weighted by molar-refractivity contribution is 14.1. The molecule has 1 amide bonds. The molecule has 2 aromatic carbocycles. The van der Waals surface area contributed by atoms with E-state index in [1.807, 2.05) is 12.1 Å². The van der Waals surface area contributed by atoms with Crippen LogP contribution in [0.4, 0.5) is 5.69 Å². The van der Waals surface area contributed by atoms with E-state index in [1.165, 1.54) is 26.2 Å². The quantitative estimate of drug-likeness (QED) is 0.634. The van der Waals surface area contributed by atoms with Crippen molar-refractivity contribution >= 4 is 44.2 Å².